The molecule has 3 N–H and O–H groups in total. The highest BCUT2D eigenvalue weighted by Crippen LogP contribution is 2.39. The van der Waals surface area contributed by atoms with Gasteiger partial charge in [0.2, 0.25) is 16.0 Å². The molecule has 12 heteroatoms. The quantitative estimate of drug-likeness (QED) is 0.374. The summed E-state index contributed by atoms with van der Waals surface area (Å²) < 4.78 is 32.3. The van der Waals surface area contributed by atoms with E-state index in [1.807, 2.05) is 24.3 Å². The van der Waals surface area contributed by atoms with Crippen LogP contribution in [0.4, 0.5) is 17.5 Å². The lowest BCUT2D eigenvalue weighted by Crippen LogP contribution is -2.39. The summed E-state index contributed by atoms with van der Waals surface area (Å²) >= 11 is 3.50. The molecule has 1 aliphatic rings. The van der Waals surface area contributed by atoms with Gasteiger partial charge in [-0.05, 0) is 51.7 Å². The van der Waals surface area contributed by atoms with Gasteiger partial charge < -0.3 is 20.7 Å². The summed E-state index contributed by atoms with van der Waals surface area (Å²) in [7, 11) is 1.23. The maximum Gasteiger partial charge on any atom is 0.251 e. The second-order valence-electron chi connectivity index (χ2n) is 8.39. The van der Waals surface area contributed by atoms with E-state index in [1.165, 1.54) is 17.7 Å². The highest BCUT2D eigenvalue weighted by Gasteiger charge is 2.38. The third kappa shape index (κ3) is 5.30. The van der Waals surface area contributed by atoms with Crippen LogP contribution in [-0.2, 0) is 16.4 Å². The van der Waals surface area contributed by atoms with Crippen molar-refractivity contribution >= 4 is 49.3 Å². The lowest BCUT2D eigenvalue weighted by atomic mass is 10.1. The Morgan fingerprint density at radius 3 is 2.67 bits per heavy atom. The molecule has 0 aliphatic heterocycles. The van der Waals surface area contributed by atoms with Crippen LogP contribution >= 0.6 is 15.9 Å². The number of likely N-dealkylation sites (N-methyl/N-ethyl adjacent to an activating group) is 1. The van der Waals surface area contributed by atoms with Gasteiger partial charge in [-0.2, -0.15) is 9.29 Å². The summed E-state index contributed by atoms with van der Waals surface area (Å²) in [6.45, 7) is 0. The molecule has 190 valence electrons. The number of halogens is 1. The van der Waals surface area contributed by atoms with Gasteiger partial charge in [-0.1, -0.05) is 24.3 Å². The number of methoxy groups -OCH3 is 1. The number of amides is 1. The van der Waals surface area contributed by atoms with Crippen LogP contribution in [0.15, 0.2) is 53.1 Å². The first kappa shape index (κ1) is 25.9. The van der Waals surface area contributed by atoms with Gasteiger partial charge in [0.1, 0.15) is 11.6 Å². The average molecular weight is 575 g/mol. The van der Waals surface area contributed by atoms with Crippen molar-refractivity contribution in [1.29, 1.82) is 0 Å². The molecule has 0 fully saturated rings. The highest BCUT2D eigenvalue weighted by atomic mass is 79.9. The monoisotopic (exact) mass is 574 g/mol. The first-order chi connectivity index (χ1) is 17.1. The second-order valence-corrected chi connectivity index (χ2v) is 11.3. The van der Waals surface area contributed by atoms with Crippen LogP contribution < -0.4 is 20.7 Å². The topological polar surface area (TPSA) is 126 Å². The third-order valence-electron chi connectivity index (χ3n) is 6.11. The van der Waals surface area contributed by atoms with E-state index in [2.05, 4.69) is 41.8 Å². The number of carbonyl (C=O) groups excluding carboxylic acids is 1. The molecule has 4 rings (SSSR count). The zero-order valence-corrected chi connectivity index (χ0v) is 22.6. The molecular weight excluding hydrogens is 548 g/mol. The van der Waals surface area contributed by atoms with E-state index < -0.39 is 16.1 Å². The number of aromatic nitrogens is 2. The number of nitrogens with zero attached hydrogens (tertiary/aromatic N) is 3. The Hall–Kier alpha value is -3.22. The van der Waals surface area contributed by atoms with E-state index in [0.717, 1.165) is 11.1 Å². The average Bonchev–Trinajstić information content (AvgIpc) is 3.22. The largest absolute Gasteiger partial charge is 0.495 e. The number of anilines is 3. The van der Waals surface area contributed by atoms with Crippen LogP contribution in [0.1, 0.15) is 27.5 Å². The number of ether oxygens (including phenoxy) is 1. The molecule has 0 saturated carbocycles. The maximum absolute atomic E-state index is 12.4. The number of carbonyl (C=O) groups is 1. The summed E-state index contributed by atoms with van der Waals surface area (Å²) in [6, 6.07) is 12.2. The standard InChI is InChI=1S/C24H27BrN6O4S/c1-26-23(32)15-9-10-18(20(12-15)35-3)29-24-27-13-17(25)22(30-24)28-19-11-14-7-5-6-8-16(14)21(19)31(2)36(4,33)34/h5-10,12-13,19,21H,11H2,1-4H3,(H,26,32)(H2,27,28,29,30)/t19?,21-/m1/s1. The number of nitrogens with one attached hydrogen (secondary N) is 3. The molecule has 1 amide bonds. The Bertz CT molecular complexity index is 1400. The summed E-state index contributed by atoms with van der Waals surface area (Å²) in [5.74, 6) is 1.05. The summed E-state index contributed by atoms with van der Waals surface area (Å²) in [5.41, 5.74) is 3.09. The minimum atomic E-state index is -3.44. The minimum absolute atomic E-state index is 0.225. The summed E-state index contributed by atoms with van der Waals surface area (Å²) in [5, 5.41) is 9.13. The number of benzene rings is 2. The summed E-state index contributed by atoms with van der Waals surface area (Å²) in [6.07, 6.45) is 3.45. The molecule has 0 bridgehead atoms. The van der Waals surface area contributed by atoms with E-state index in [-0.39, 0.29) is 11.9 Å². The fourth-order valence-electron chi connectivity index (χ4n) is 4.26. The van der Waals surface area contributed by atoms with Gasteiger partial charge in [0, 0.05) is 25.9 Å². The molecule has 1 heterocycles. The SMILES string of the molecule is CNC(=O)c1ccc(Nc2ncc(Br)c(NC3Cc4ccccc4[C@H]3N(C)S(C)(=O)=O)n2)c(OC)c1. The van der Waals surface area contributed by atoms with Gasteiger partial charge in [-0.3, -0.25) is 4.79 Å². The molecule has 2 aromatic carbocycles. The Kier molecular flexibility index (Phi) is 7.48. The van der Waals surface area contributed by atoms with Gasteiger partial charge in [0.25, 0.3) is 5.91 Å². The molecular formula is C24H27BrN6O4S. The molecule has 10 nitrogen and oxygen atoms in total. The Morgan fingerprint density at radius 2 is 1.97 bits per heavy atom. The number of hydrogen-bond donors (Lipinski definition) is 3. The predicted octanol–water partition coefficient (Wildman–Crippen LogP) is 3.32. The molecule has 1 unspecified atom stereocenters. The van der Waals surface area contributed by atoms with Crippen molar-refractivity contribution in [2.75, 3.05) is 38.1 Å². The number of hydrogen-bond acceptors (Lipinski definition) is 8. The van der Waals surface area contributed by atoms with Gasteiger partial charge in [-0.25, -0.2) is 13.4 Å². The lowest BCUT2D eigenvalue weighted by molar-refractivity contribution is 0.0962. The third-order valence-corrected chi connectivity index (χ3v) is 7.97. The molecule has 2 atom stereocenters. The molecule has 1 aromatic heterocycles. The van der Waals surface area contributed by atoms with Crippen LogP contribution in [0.5, 0.6) is 5.75 Å². The smallest absolute Gasteiger partial charge is 0.251 e. The van der Waals surface area contributed by atoms with Crippen molar-refractivity contribution < 1.29 is 17.9 Å². The van der Waals surface area contributed by atoms with Crippen molar-refractivity contribution in [2.24, 2.45) is 0 Å². The molecule has 0 radical (unpaired) electrons. The molecule has 0 saturated heterocycles. The maximum atomic E-state index is 12.4. The number of rotatable bonds is 8. The Morgan fingerprint density at radius 1 is 1.22 bits per heavy atom. The van der Waals surface area contributed by atoms with Crippen LogP contribution in [-0.4, -0.2) is 62.1 Å². The van der Waals surface area contributed by atoms with Crippen LogP contribution in [0.2, 0.25) is 0 Å². The van der Waals surface area contributed by atoms with Crippen LogP contribution in [0, 0.1) is 0 Å². The minimum Gasteiger partial charge on any atom is -0.495 e. The van der Waals surface area contributed by atoms with Gasteiger partial charge >= 0.3 is 0 Å². The van der Waals surface area contributed by atoms with Crippen LogP contribution in [0.25, 0.3) is 0 Å². The predicted molar refractivity (Wildman–Crippen MR) is 142 cm³/mol. The van der Waals surface area contributed by atoms with E-state index in [0.29, 0.717) is 39.7 Å². The van der Waals surface area contributed by atoms with E-state index in [1.54, 1.807) is 38.5 Å². The van der Waals surface area contributed by atoms with Crippen molar-refractivity contribution in [1.82, 2.24) is 19.6 Å². The Balaban J connectivity index is 1.62. The highest BCUT2D eigenvalue weighted by molar-refractivity contribution is 9.10. The Labute approximate surface area is 218 Å². The fourth-order valence-corrected chi connectivity index (χ4v) is 5.24. The molecule has 36 heavy (non-hydrogen) atoms. The van der Waals surface area contributed by atoms with Crippen molar-refractivity contribution in [3.63, 3.8) is 0 Å². The van der Waals surface area contributed by atoms with E-state index in [4.69, 9.17) is 4.74 Å². The lowest BCUT2D eigenvalue weighted by Gasteiger charge is -2.29. The van der Waals surface area contributed by atoms with Gasteiger partial charge in [-0.15, -0.1) is 0 Å². The second kappa shape index (κ2) is 10.4. The normalized spacial score (nSPS) is 16.9. The van der Waals surface area contributed by atoms with Gasteiger partial charge in [0.15, 0.2) is 0 Å². The van der Waals surface area contributed by atoms with Crippen molar-refractivity contribution in [3.8, 4) is 5.75 Å². The van der Waals surface area contributed by atoms with E-state index in [9.17, 15) is 13.2 Å². The van der Waals surface area contributed by atoms with Gasteiger partial charge in [0.05, 0.1) is 35.6 Å². The summed E-state index contributed by atoms with van der Waals surface area (Å²) in [4.78, 5) is 20.9. The van der Waals surface area contributed by atoms with Crippen molar-refractivity contribution in [2.45, 2.75) is 18.5 Å². The molecule has 0 spiro atoms. The fraction of sp³-hybridized carbons (Fsp3) is 0.292. The molecule has 1 aliphatic carbocycles. The van der Waals surface area contributed by atoms with Crippen LogP contribution in [0.3, 0.4) is 0 Å². The molecule has 3 aromatic rings. The first-order valence-corrected chi connectivity index (χ1v) is 13.7. The number of fused-ring (bicyclic) bond motifs is 1. The number of sulfonamides is 1. The van der Waals surface area contributed by atoms with E-state index >= 15 is 0 Å². The zero-order valence-electron chi connectivity index (χ0n) is 20.2. The first-order valence-electron chi connectivity index (χ1n) is 11.1. The van der Waals surface area contributed by atoms with Crippen molar-refractivity contribution in [3.05, 3.63) is 69.8 Å². The zero-order chi connectivity index (χ0) is 26.0.